The average molecular weight is 324 g/mol. The van der Waals surface area contributed by atoms with Crippen LogP contribution in [0.4, 0.5) is 0 Å². The Hall–Kier alpha value is 0.650. The number of alkyl halides is 1. The Morgan fingerprint density at radius 1 is 1.07 bits per heavy atom. The summed E-state index contributed by atoms with van der Waals surface area (Å²) in [7, 11) is 0. The molecule has 0 heterocycles. The summed E-state index contributed by atoms with van der Waals surface area (Å²) >= 11 is 2.47. The van der Waals surface area contributed by atoms with E-state index in [-0.39, 0.29) is 5.60 Å². The van der Waals surface area contributed by atoms with Gasteiger partial charge in [-0.25, -0.2) is 0 Å². The van der Waals surface area contributed by atoms with Crippen LogP contribution in [0.2, 0.25) is 0 Å². The highest BCUT2D eigenvalue weighted by Gasteiger charge is 2.31. The topological polar surface area (TPSA) is 18.5 Å². The van der Waals surface area contributed by atoms with E-state index in [0.29, 0.717) is 6.10 Å². The fourth-order valence-electron chi connectivity index (χ4n) is 2.22. The summed E-state index contributed by atoms with van der Waals surface area (Å²) in [4.78, 5) is 0. The zero-order chi connectivity index (χ0) is 10.6. The molecule has 0 bridgehead atoms. The van der Waals surface area contributed by atoms with Gasteiger partial charge in [-0.15, -0.1) is 0 Å². The Labute approximate surface area is 106 Å². The zero-order valence-corrected chi connectivity index (χ0v) is 11.5. The summed E-state index contributed by atoms with van der Waals surface area (Å²) in [6, 6.07) is 0. The molecule has 2 rings (SSSR count). The highest BCUT2D eigenvalue weighted by atomic mass is 127. The largest absolute Gasteiger partial charge is 0.376 e. The Kier molecular flexibility index (Phi) is 4.70. The van der Waals surface area contributed by atoms with Gasteiger partial charge in [0.25, 0.3) is 0 Å². The molecule has 88 valence electrons. The maximum Gasteiger partial charge on any atom is 0.0772 e. The molecule has 0 N–H and O–H groups in total. The van der Waals surface area contributed by atoms with Crippen molar-refractivity contribution in [2.24, 2.45) is 0 Å². The molecule has 0 aromatic heterocycles. The second-order valence-corrected chi connectivity index (χ2v) is 5.56. The van der Waals surface area contributed by atoms with Crippen molar-refractivity contribution in [2.75, 3.05) is 17.6 Å². The normalized spacial score (nSPS) is 25.4. The van der Waals surface area contributed by atoms with Crippen LogP contribution in [-0.2, 0) is 9.47 Å². The molecule has 3 heteroatoms. The van der Waals surface area contributed by atoms with Gasteiger partial charge in [-0.05, 0) is 25.7 Å². The molecular weight excluding hydrogens is 303 g/mol. The van der Waals surface area contributed by atoms with Gasteiger partial charge in [-0.3, -0.25) is 0 Å². The zero-order valence-electron chi connectivity index (χ0n) is 9.34. The molecule has 0 saturated heterocycles. The minimum Gasteiger partial charge on any atom is -0.376 e. The van der Waals surface area contributed by atoms with Crippen LogP contribution in [0.15, 0.2) is 0 Å². The lowest BCUT2D eigenvalue weighted by Crippen LogP contribution is -2.37. The van der Waals surface area contributed by atoms with Crippen LogP contribution in [0.1, 0.15) is 44.9 Å². The van der Waals surface area contributed by atoms with E-state index in [1.54, 1.807) is 0 Å². The van der Waals surface area contributed by atoms with E-state index in [2.05, 4.69) is 22.6 Å². The Bertz CT molecular complexity index is 186. The van der Waals surface area contributed by atoms with Gasteiger partial charge < -0.3 is 9.47 Å². The van der Waals surface area contributed by atoms with E-state index in [0.717, 1.165) is 17.6 Å². The van der Waals surface area contributed by atoms with E-state index in [9.17, 15) is 0 Å². The lowest BCUT2D eigenvalue weighted by atomic mass is 9.86. The van der Waals surface area contributed by atoms with Crippen molar-refractivity contribution >= 4 is 22.6 Å². The summed E-state index contributed by atoms with van der Waals surface area (Å²) in [5.74, 6) is 0. The first-order valence-corrected chi connectivity index (χ1v) is 7.69. The molecule has 0 aliphatic heterocycles. The number of hydrogen-bond donors (Lipinski definition) is 0. The number of ether oxygens (including phenoxy) is 2. The van der Waals surface area contributed by atoms with Crippen LogP contribution < -0.4 is 0 Å². The molecule has 15 heavy (non-hydrogen) atoms. The van der Waals surface area contributed by atoms with Crippen molar-refractivity contribution in [3.63, 3.8) is 0 Å². The maximum atomic E-state index is 6.07. The first-order chi connectivity index (χ1) is 7.35. The van der Waals surface area contributed by atoms with Crippen LogP contribution >= 0.6 is 22.6 Å². The number of halogens is 1. The molecule has 2 saturated carbocycles. The van der Waals surface area contributed by atoms with E-state index in [1.807, 2.05) is 0 Å². The highest BCUT2D eigenvalue weighted by molar-refractivity contribution is 14.1. The average Bonchev–Trinajstić information content (AvgIpc) is 3.10. The molecule has 0 aromatic carbocycles. The second-order valence-electron chi connectivity index (χ2n) is 4.80. The van der Waals surface area contributed by atoms with Crippen molar-refractivity contribution in [3.8, 4) is 0 Å². The third-order valence-electron chi connectivity index (χ3n) is 3.38. The first-order valence-electron chi connectivity index (χ1n) is 6.16. The summed E-state index contributed by atoms with van der Waals surface area (Å²) < 4.78 is 12.8. The van der Waals surface area contributed by atoms with E-state index in [1.165, 1.54) is 44.9 Å². The number of hydrogen-bond acceptors (Lipinski definition) is 2. The third-order valence-corrected chi connectivity index (χ3v) is 4.77. The molecule has 2 aliphatic rings. The predicted octanol–water partition coefficient (Wildman–Crippen LogP) is 3.32. The molecule has 0 amide bonds. The van der Waals surface area contributed by atoms with E-state index < -0.39 is 0 Å². The molecule has 2 fully saturated rings. The van der Waals surface area contributed by atoms with Gasteiger partial charge in [0, 0.05) is 4.43 Å². The third kappa shape index (κ3) is 3.86. The molecule has 2 nitrogen and oxygen atoms in total. The minimum absolute atomic E-state index is 0.186. The van der Waals surface area contributed by atoms with Gasteiger partial charge in [0.2, 0.25) is 0 Å². The van der Waals surface area contributed by atoms with Crippen molar-refractivity contribution in [3.05, 3.63) is 0 Å². The SMILES string of the molecule is ICC1(OCCOC2CC2)CCCCC1. The van der Waals surface area contributed by atoms with Crippen molar-refractivity contribution in [2.45, 2.75) is 56.7 Å². The van der Waals surface area contributed by atoms with Gasteiger partial charge >= 0.3 is 0 Å². The summed E-state index contributed by atoms with van der Waals surface area (Å²) in [6.07, 6.45) is 9.66. The van der Waals surface area contributed by atoms with Gasteiger partial charge in [-0.2, -0.15) is 0 Å². The molecule has 0 radical (unpaired) electrons. The molecule has 0 spiro atoms. The minimum atomic E-state index is 0.186. The maximum absolute atomic E-state index is 6.07. The fourth-order valence-corrected chi connectivity index (χ4v) is 3.20. The Morgan fingerprint density at radius 2 is 1.80 bits per heavy atom. The Balaban J connectivity index is 1.64. The van der Waals surface area contributed by atoms with Gasteiger partial charge in [0.1, 0.15) is 0 Å². The molecular formula is C12H21IO2. The highest BCUT2D eigenvalue weighted by Crippen LogP contribution is 2.33. The monoisotopic (exact) mass is 324 g/mol. The summed E-state index contributed by atoms with van der Waals surface area (Å²) in [5.41, 5.74) is 0.186. The Morgan fingerprint density at radius 3 is 2.40 bits per heavy atom. The van der Waals surface area contributed by atoms with Crippen molar-refractivity contribution in [1.29, 1.82) is 0 Å². The van der Waals surface area contributed by atoms with Gasteiger partial charge in [0.15, 0.2) is 0 Å². The number of rotatable bonds is 6. The lowest BCUT2D eigenvalue weighted by molar-refractivity contribution is -0.0728. The molecule has 0 unspecified atom stereocenters. The lowest BCUT2D eigenvalue weighted by Gasteiger charge is -2.35. The smallest absolute Gasteiger partial charge is 0.0772 e. The van der Waals surface area contributed by atoms with Crippen LogP contribution in [0.5, 0.6) is 0 Å². The summed E-state index contributed by atoms with van der Waals surface area (Å²) in [5, 5.41) is 0. The van der Waals surface area contributed by atoms with Crippen molar-refractivity contribution < 1.29 is 9.47 Å². The molecule has 0 atom stereocenters. The van der Waals surface area contributed by atoms with E-state index in [4.69, 9.17) is 9.47 Å². The summed E-state index contributed by atoms with van der Waals surface area (Å²) in [6.45, 7) is 1.59. The standard InChI is InChI=1S/C12H21IO2/c13-10-12(6-2-1-3-7-12)15-9-8-14-11-4-5-11/h11H,1-10H2. The van der Waals surface area contributed by atoms with Crippen LogP contribution in [0.25, 0.3) is 0 Å². The van der Waals surface area contributed by atoms with Crippen LogP contribution in [-0.4, -0.2) is 29.3 Å². The fraction of sp³-hybridized carbons (Fsp3) is 1.00. The van der Waals surface area contributed by atoms with Crippen molar-refractivity contribution in [1.82, 2.24) is 0 Å². The molecule has 2 aliphatic carbocycles. The van der Waals surface area contributed by atoms with Crippen LogP contribution in [0.3, 0.4) is 0 Å². The second kappa shape index (κ2) is 5.82. The van der Waals surface area contributed by atoms with Gasteiger partial charge in [-0.1, -0.05) is 41.9 Å². The van der Waals surface area contributed by atoms with E-state index >= 15 is 0 Å². The molecule has 0 aromatic rings. The quantitative estimate of drug-likeness (QED) is 0.424. The first kappa shape index (κ1) is 12.1. The van der Waals surface area contributed by atoms with Gasteiger partial charge in [0.05, 0.1) is 24.9 Å². The van der Waals surface area contributed by atoms with Crippen LogP contribution in [0, 0.1) is 0 Å². The predicted molar refractivity (Wildman–Crippen MR) is 69.6 cm³/mol.